The Kier molecular flexibility index (Phi) is 4.77. The van der Waals surface area contributed by atoms with Crippen LogP contribution in [0.25, 0.3) is 0 Å². The Bertz CT molecular complexity index is 563. The van der Waals surface area contributed by atoms with Crippen molar-refractivity contribution in [3.8, 4) is 11.8 Å². The van der Waals surface area contributed by atoms with Crippen molar-refractivity contribution in [1.29, 1.82) is 5.26 Å². The van der Waals surface area contributed by atoms with E-state index in [-0.39, 0.29) is 11.8 Å². The summed E-state index contributed by atoms with van der Waals surface area (Å²) in [5, 5.41) is 14.1. The van der Waals surface area contributed by atoms with Gasteiger partial charge in [0.05, 0.1) is 11.6 Å². The van der Waals surface area contributed by atoms with Crippen LogP contribution in [0.3, 0.4) is 0 Å². The van der Waals surface area contributed by atoms with Gasteiger partial charge in [-0.15, -0.1) is 0 Å². The lowest BCUT2D eigenvalue weighted by atomic mass is 10.1. The first-order chi connectivity index (χ1) is 10.1. The Hall–Kier alpha value is -2.55. The average Bonchev–Trinajstić information content (AvgIpc) is 2.50. The first-order valence-electron chi connectivity index (χ1n) is 6.85. The number of nitrogens with one attached hydrogen (secondary N) is 2. The zero-order valence-corrected chi connectivity index (χ0v) is 11.8. The van der Waals surface area contributed by atoms with Crippen molar-refractivity contribution in [2.75, 3.05) is 6.54 Å². The third-order valence-electron chi connectivity index (χ3n) is 3.27. The van der Waals surface area contributed by atoms with Gasteiger partial charge in [-0.2, -0.15) is 5.26 Å². The lowest BCUT2D eigenvalue weighted by molar-refractivity contribution is -0.133. The minimum atomic E-state index is -0.715. The van der Waals surface area contributed by atoms with E-state index in [2.05, 4.69) is 10.6 Å². The Morgan fingerprint density at radius 3 is 2.81 bits per heavy atom. The van der Waals surface area contributed by atoms with Crippen LogP contribution >= 0.6 is 0 Å². The molecule has 0 spiro atoms. The summed E-state index contributed by atoms with van der Waals surface area (Å²) >= 11 is 0. The SMILES string of the molecule is C[C@H](Oc1ccc(C#N)cc1)C(=O)N[C@@H]1CCCNC1=O. The van der Waals surface area contributed by atoms with Crippen LogP contribution in [0.4, 0.5) is 0 Å². The summed E-state index contributed by atoms with van der Waals surface area (Å²) in [5.74, 6) is 0.0197. The molecular weight excluding hydrogens is 270 g/mol. The minimum absolute atomic E-state index is 0.153. The second-order valence-electron chi connectivity index (χ2n) is 4.89. The zero-order valence-electron chi connectivity index (χ0n) is 11.8. The summed E-state index contributed by atoms with van der Waals surface area (Å²) in [6.07, 6.45) is 0.774. The Morgan fingerprint density at radius 1 is 1.48 bits per heavy atom. The number of nitriles is 1. The highest BCUT2D eigenvalue weighted by Gasteiger charge is 2.26. The van der Waals surface area contributed by atoms with Gasteiger partial charge in [0.15, 0.2) is 6.10 Å². The number of amides is 2. The maximum absolute atomic E-state index is 12.0. The third-order valence-corrected chi connectivity index (χ3v) is 3.27. The van der Waals surface area contributed by atoms with E-state index in [0.29, 0.717) is 24.3 Å². The van der Waals surface area contributed by atoms with E-state index in [9.17, 15) is 9.59 Å². The fourth-order valence-electron chi connectivity index (χ4n) is 2.06. The largest absolute Gasteiger partial charge is 0.481 e. The van der Waals surface area contributed by atoms with Crippen molar-refractivity contribution >= 4 is 11.8 Å². The van der Waals surface area contributed by atoms with E-state index in [1.165, 1.54) is 0 Å². The second kappa shape index (κ2) is 6.75. The number of rotatable bonds is 4. The molecule has 1 saturated heterocycles. The molecule has 1 aliphatic rings. The number of carbonyl (C=O) groups is 2. The molecule has 1 aromatic carbocycles. The van der Waals surface area contributed by atoms with Gasteiger partial charge >= 0.3 is 0 Å². The molecule has 2 atom stereocenters. The van der Waals surface area contributed by atoms with Crippen LogP contribution in [0.5, 0.6) is 5.75 Å². The summed E-state index contributed by atoms with van der Waals surface area (Å²) in [4.78, 5) is 23.6. The lowest BCUT2D eigenvalue weighted by Gasteiger charge is -2.24. The van der Waals surface area contributed by atoms with Gasteiger partial charge < -0.3 is 15.4 Å². The standard InChI is InChI=1S/C15H17N3O3/c1-10(21-12-6-4-11(9-16)5-7-12)14(19)18-13-3-2-8-17-15(13)20/h4-7,10,13H,2-3,8H2,1H3,(H,17,20)(H,18,19)/t10-,13+/m0/s1. The van der Waals surface area contributed by atoms with E-state index in [1.807, 2.05) is 6.07 Å². The van der Waals surface area contributed by atoms with Gasteiger partial charge in [-0.25, -0.2) is 0 Å². The van der Waals surface area contributed by atoms with Gasteiger partial charge in [0.25, 0.3) is 5.91 Å². The smallest absolute Gasteiger partial charge is 0.261 e. The van der Waals surface area contributed by atoms with Gasteiger partial charge in [-0.3, -0.25) is 9.59 Å². The maximum Gasteiger partial charge on any atom is 0.261 e. The van der Waals surface area contributed by atoms with Crippen LogP contribution in [0.1, 0.15) is 25.3 Å². The second-order valence-corrected chi connectivity index (χ2v) is 4.89. The maximum atomic E-state index is 12.0. The van der Waals surface area contributed by atoms with Gasteiger partial charge in [-0.1, -0.05) is 0 Å². The summed E-state index contributed by atoms with van der Waals surface area (Å²) in [5.41, 5.74) is 0.526. The molecule has 1 aromatic rings. The molecule has 0 bridgehead atoms. The molecule has 1 heterocycles. The minimum Gasteiger partial charge on any atom is -0.481 e. The first-order valence-corrected chi connectivity index (χ1v) is 6.85. The Labute approximate surface area is 123 Å². The average molecular weight is 287 g/mol. The van der Waals surface area contributed by atoms with Crippen LogP contribution in [0.15, 0.2) is 24.3 Å². The van der Waals surface area contributed by atoms with Gasteiger partial charge in [0, 0.05) is 6.54 Å². The molecule has 2 amide bonds. The van der Waals surface area contributed by atoms with Crippen LogP contribution in [0, 0.1) is 11.3 Å². The van der Waals surface area contributed by atoms with Crippen LogP contribution in [0.2, 0.25) is 0 Å². The molecule has 2 rings (SSSR count). The normalized spacial score (nSPS) is 19.0. The van der Waals surface area contributed by atoms with Crippen LogP contribution in [-0.2, 0) is 9.59 Å². The number of piperidine rings is 1. The van der Waals surface area contributed by atoms with Gasteiger partial charge in [0.1, 0.15) is 11.8 Å². The fourth-order valence-corrected chi connectivity index (χ4v) is 2.06. The molecule has 6 nitrogen and oxygen atoms in total. The highest BCUT2D eigenvalue weighted by molar-refractivity contribution is 5.89. The topological polar surface area (TPSA) is 91.2 Å². The number of benzene rings is 1. The highest BCUT2D eigenvalue weighted by atomic mass is 16.5. The highest BCUT2D eigenvalue weighted by Crippen LogP contribution is 2.13. The summed E-state index contributed by atoms with van der Waals surface area (Å²) in [7, 11) is 0. The molecule has 2 N–H and O–H groups in total. The Morgan fingerprint density at radius 2 is 2.19 bits per heavy atom. The van der Waals surface area contributed by atoms with Crippen LogP contribution < -0.4 is 15.4 Å². The molecule has 0 unspecified atom stereocenters. The number of ether oxygens (including phenoxy) is 1. The monoisotopic (exact) mass is 287 g/mol. The van der Waals surface area contributed by atoms with Crippen molar-refractivity contribution in [3.05, 3.63) is 29.8 Å². The molecule has 0 aromatic heterocycles. The number of nitrogens with zero attached hydrogens (tertiary/aromatic N) is 1. The van der Waals surface area contributed by atoms with E-state index in [1.54, 1.807) is 31.2 Å². The molecule has 21 heavy (non-hydrogen) atoms. The molecule has 0 radical (unpaired) electrons. The molecule has 6 heteroatoms. The summed E-state index contributed by atoms with van der Waals surface area (Å²) < 4.78 is 5.50. The van der Waals surface area contributed by atoms with E-state index >= 15 is 0 Å². The molecular formula is C15H17N3O3. The molecule has 110 valence electrons. The first kappa shape index (κ1) is 14.9. The van der Waals surface area contributed by atoms with Crippen LogP contribution in [-0.4, -0.2) is 30.5 Å². The predicted octanol–water partition coefficient (Wildman–Crippen LogP) is 0.720. The zero-order chi connectivity index (χ0) is 15.2. The number of hydrogen-bond acceptors (Lipinski definition) is 4. The van der Waals surface area contributed by atoms with Gasteiger partial charge in [-0.05, 0) is 44.0 Å². The summed E-state index contributed by atoms with van der Waals surface area (Å²) in [6.45, 7) is 2.27. The third kappa shape index (κ3) is 3.96. The number of carbonyl (C=O) groups excluding carboxylic acids is 2. The lowest BCUT2D eigenvalue weighted by Crippen LogP contribution is -2.52. The molecule has 1 fully saturated rings. The Balaban J connectivity index is 1.89. The van der Waals surface area contributed by atoms with Crippen molar-refractivity contribution in [3.63, 3.8) is 0 Å². The molecule has 1 aliphatic heterocycles. The van der Waals surface area contributed by atoms with Crippen molar-refractivity contribution < 1.29 is 14.3 Å². The number of hydrogen-bond donors (Lipinski definition) is 2. The fraction of sp³-hybridized carbons (Fsp3) is 0.400. The van der Waals surface area contributed by atoms with Gasteiger partial charge in [0.2, 0.25) is 5.91 Å². The summed E-state index contributed by atoms with van der Waals surface area (Å²) in [6, 6.07) is 8.03. The quantitative estimate of drug-likeness (QED) is 0.853. The van der Waals surface area contributed by atoms with Crippen molar-refractivity contribution in [2.45, 2.75) is 31.9 Å². The van der Waals surface area contributed by atoms with Crippen molar-refractivity contribution in [2.24, 2.45) is 0 Å². The van der Waals surface area contributed by atoms with E-state index in [0.717, 1.165) is 6.42 Å². The molecule has 0 saturated carbocycles. The predicted molar refractivity (Wildman–Crippen MR) is 75.4 cm³/mol. The van der Waals surface area contributed by atoms with E-state index < -0.39 is 12.1 Å². The molecule has 0 aliphatic carbocycles. The van der Waals surface area contributed by atoms with Crippen molar-refractivity contribution in [1.82, 2.24) is 10.6 Å². The van der Waals surface area contributed by atoms with E-state index in [4.69, 9.17) is 10.00 Å².